The van der Waals surface area contributed by atoms with Crippen molar-refractivity contribution in [1.82, 2.24) is 4.72 Å². The summed E-state index contributed by atoms with van der Waals surface area (Å²) >= 11 is 0. The van der Waals surface area contributed by atoms with Crippen molar-refractivity contribution in [3.63, 3.8) is 0 Å². The van der Waals surface area contributed by atoms with Gasteiger partial charge < -0.3 is 10.1 Å². The summed E-state index contributed by atoms with van der Waals surface area (Å²) in [5, 5.41) is 2.75. The number of rotatable bonds is 9. The number of anilines is 1. The Hall–Kier alpha value is -2.38. The van der Waals surface area contributed by atoms with E-state index in [4.69, 9.17) is 4.74 Å². The number of hydrogen-bond acceptors (Lipinski definition) is 4. The molecular formula is C18H22N2O4S. The molecule has 7 heteroatoms. The standard InChI is InChI=1S/C18H22N2O4S/c1-2-14-24-17-11-7-6-10-16(17)20-18(21)12-13-19-25(22,23)15-8-4-3-5-9-15/h3-11,19H,2,12-14H2,1H3,(H,20,21). The number of ether oxygens (including phenoxy) is 1. The van der Waals surface area contributed by atoms with Gasteiger partial charge in [-0.3, -0.25) is 4.79 Å². The number of para-hydroxylation sites is 2. The third-order valence-corrected chi connectivity index (χ3v) is 4.80. The molecule has 0 aliphatic heterocycles. The van der Waals surface area contributed by atoms with E-state index in [1.807, 2.05) is 13.0 Å². The minimum atomic E-state index is -3.60. The lowest BCUT2D eigenvalue weighted by molar-refractivity contribution is -0.116. The van der Waals surface area contributed by atoms with Crippen molar-refractivity contribution in [2.24, 2.45) is 0 Å². The highest BCUT2D eigenvalue weighted by molar-refractivity contribution is 7.89. The van der Waals surface area contributed by atoms with Crippen LogP contribution in [0.25, 0.3) is 0 Å². The Bertz CT molecular complexity index is 792. The van der Waals surface area contributed by atoms with Crippen molar-refractivity contribution in [3.8, 4) is 5.75 Å². The van der Waals surface area contributed by atoms with Gasteiger partial charge in [-0.1, -0.05) is 37.3 Å². The summed E-state index contributed by atoms with van der Waals surface area (Å²) in [6.45, 7) is 2.57. The fraction of sp³-hybridized carbons (Fsp3) is 0.278. The molecule has 0 unspecified atom stereocenters. The Morgan fingerprint density at radius 1 is 1.04 bits per heavy atom. The first-order chi connectivity index (χ1) is 12.0. The minimum absolute atomic E-state index is 0.0149. The molecule has 0 spiro atoms. The first-order valence-electron chi connectivity index (χ1n) is 8.09. The molecular weight excluding hydrogens is 340 g/mol. The van der Waals surface area contributed by atoms with Crippen LogP contribution in [0, 0.1) is 0 Å². The summed E-state index contributed by atoms with van der Waals surface area (Å²) in [6, 6.07) is 15.2. The highest BCUT2D eigenvalue weighted by Gasteiger charge is 2.14. The summed E-state index contributed by atoms with van der Waals surface area (Å²) < 4.78 is 32.2. The molecule has 2 aromatic carbocycles. The first-order valence-corrected chi connectivity index (χ1v) is 9.57. The van der Waals surface area contributed by atoms with E-state index >= 15 is 0 Å². The summed E-state index contributed by atoms with van der Waals surface area (Å²) in [7, 11) is -3.60. The van der Waals surface area contributed by atoms with Gasteiger partial charge in [0.25, 0.3) is 0 Å². The van der Waals surface area contributed by atoms with Crippen molar-refractivity contribution < 1.29 is 17.9 Å². The monoisotopic (exact) mass is 362 g/mol. The Kier molecular flexibility index (Phi) is 6.97. The SMILES string of the molecule is CCCOc1ccccc1NC(=O)CCNS(=O)(=O)c1ccccc1. The van der Waals surface area contributed by atoms with Crippen LogP contribution in [0.3, 0.4) is 0 Å². The van der Waals surface area contributed by atoms with Crippen LogP contribution in [-0.4, -0.2) is 27.5 Å². The molecule has 1 amide bonds. The van der Waals surface area contributed by atoms with E-state index in [-0.39, 0.29) is 23.8 Å². The van der Waals surface area contributed by atoms with E-state index < -0.39 is 10.0 Å². The minimum Gasteiger partial charge on any atom is -0.491 e. The van der Waals surface area contributed by atoms with Crippen LogP contribution in [-0.2, 0) is 14.8 Å². The molecule has 0 radical (unpaired) electrons. The van der Waals surface area contributed by atoms with E-state index in [1.54, 1.807) is 36.4 Å². The van der Waals surface area contributed by atoms with E-state index in [1.165, 1.54) is 12.1 Å². The molecule has 6 nitrogen and oxygen atoms in total. The first kappa shape index (κ1) is 19.0. The summed E-state index contributed by atoms with van der Waals surface area (Å²) in [4.78, 5) is 12.2. The van der Waals surface area contributed by atoms with Crippen molar-refractivity contribution in [1.29, 1.82) is 0 Å². The highest BCUT2D eigenvalue weighted by Crippen LogP contribution is 2.23. The molecule has 0 saturated heterocycles. The maximum atomic E-state index is 12.1. The van der Waals surface area contributed by atoms with Gasteiger partial charge in [-0.25, -0.2) is 13.1 Å². The zero-order valence-electron chi connectivity index (χ0n) is 14.1. The predicted octanol–water partition coefficient (Wildman–Crippen LogP) is 2.78. The van der Waals surface area contributed by atoms with Crippen LogP contribution in [0.15, 0.2) is 59.5 Å². The zero-order valence-corrected chi connectivity index (χ0v) is 14.9. The Morgan fingerprint density at radius 3 is 2.44 bits per heavy atom. The third-order valence-electron chi connectivity index (χ3n) is 3.32. The lowest BCUT2D eigenvalue weighted by Crippen LogP contribution is -2.27. The maximum Gasteiger partial charge on any atom is 0.240 e. The molecule has 0 aliphatic rings. The average molecular weight is 362 g/mol. The Morgan fingerprint density at radius 2 is 1.72 bits per heavy atom. The molecule has 25 heavy (non-hydrogen) atoms. The number of carbonyl (C=O) groups excluding carboxylic acids is 1. The van der Waals surface area contributed by atoms with Gasteiger partial charge in [-0.2, -0.15) is 0 Å². The molecule has 0 fully saturated rings. The van der Waals surface area contributed by atoms with E-state index in [0.717, 1.165) is 6.42 Å². The quantitative estimate of drug-likeness (QED) is 0.718. The molecule has 2 N–H and O–H groups in total. The van der Waals surface area contributed by atoms with Crippen molar-refractivity contribution in [3.05, 3.63) is 54.6 Å². The number of nitrogens with one attached hydrogen (secondary N) is 2. The van der Waals surface area contributed by atoms with Crippen LogP contribution in [0.5, 0.6) is 5.75 Å². The van der Waals surface area contributed by atoms with E-state index in [9.17, 15) is 13.2 Å². The predicted molar refractivity (Wildman–Crippen MR) is 97.1 cm³/mol. The van der Waals surface area contributed by atoms with Gasteiger partial charge in [0, 0.05) is 13.0 Å². The van der Waals surface area contributed by atoms with Crippen LogP contribution >= 0.6 is 0 Å². The van der Waals surface area contributed by atoms with Gasteiger partial charge in [-0.15, -0.1) is 0 Å². The zero-order chi connectivity index (χ0) is 18.1. The van der Waals surface area contributed by atoms with E-state index in [0.29, 0.717) is 18.0 Å². The number of sulfonamides is 1. The molecule has 0 aliphatic carbocycles. The van der Waals surface area contributed by atoms with Crippen molar-refractivity contribution in [2.45, 2.75) is 24.7 Å². The number of hydrogen-bond donors (Lipinski definition) is 2. The summed E-state index contributed by atoms with van der Waals surface area (Å²) in [5.74, 6) is 0.311. The maximum absolute atomic E-state index is 12.1. The highest BCUT2D eigenvalue weighted by atomic mass is 32.2. The smallest absolute Gasteiger partial charge is 0.240 e. The molecule has 0 heterocycles. The van der Waals surface area contributed by atoms with Crippen LogP contribution < -0.4 is 14.8 Å². The molecule has 2 rings (SSSR count). The second-order valence-corrected chi connectivity index (χ2v) is 7.12. The van der Waals surface area contributed by atoms with Gasteiger partial charge in [0.2, 0.25) is 15.9 Å². The topological polar surface area (TPSA) is 84.5 Å². The number of benzene rings is 2. The second-order valence-electron chi connectivity index (χ2n) is 5.35. The third kappa shape index (κ3) is 5.88. The largest absolute Gasteiger partial charge is 0.491 e. The lowest BCUT2D eigenvalue weighted by Gasteiger charge is -2.12. The van der Waals surface area contributed by atoms with Crippen LogP contribution in [0.4, 0.5) is 5.69 Å². The molecule has 2 aromatic rings. The Labute approximate surface area is 148 Å². The van der Waals surface area contributed by atoms with Gasteiger partial charge in [0.05, 0.1) is 17.2 Å². The fourth-order valence-electron chi connectivity index (χ4n) is 2.10. The molecule has 134 valence electrons. The second kappa shape index (κ2) is 9.19. The van der Waals surface area contributed by atoms with Crippen LogP contribution in [0.1, 0.15) is 19.8 Å². The average Bonchev–Trinajstić information content (AvgIpc) is 2.61. The Balaban J connectivity index is 1.87. The molecule has 0 atom stereocenters. The van der Waals surface area contributed by atoms with Crippen molar-refractivity contribution in [2.75, 3.05) is 18.5 Å². The van der Waals surface area contributed by atoms with Crippen molar-refractivity contribution >= 4 is 21.6 Å². The normalized spacial score (nSPS) is 11.1. The lowest BCUT2D eigenvalue weighted by atomic mass is 10.2. The molecule has 0 aromatic heterocycles. The fourth-order valence-corrected chi connectivity index (χ4v) is 3.16. The van der Waals surface area contributed by atoms with Gasteiger partial charge >= 0.3 is 0 Å². The summed E-state index contributed by atoms with van der Waals surface area (Å²) in [6.07, 6.45) is 0.887. The van der Waals surface area contributed by atoms with Gasteiger partial charge in [-0.05, 0) is 30.7 Å². The number of carbonyl (C=O) groups is 1. The molecule has 0 saturated carbocycles. The van der Waals surface area contributed by atoms with E-state index in [2.05, 4.69) is 10.0 Å². The number of amides is 1. The molecule has 0 bridgehead atoms. The van der Waals surface area contributed by atoms with Gasteiger partial charge in [0.1, 0.15) is 5.75 Å². The van der Waals surface area contributed by atoms with Gasteiger partial charge in [0.15, 0.2) is 0 Å². The summed E-state index contributed by atoms with van der Waals surface area (Å²) in [5.41, 5.74) is 0.576. The van der Waals surface area contributed by atoms with Crippen LogP contribution in [0.2, 0.25) is 0 Å².